The van der Waals surface area contributed by atoms with Crippen molar-refractivity contribution in [1.82, 2.24) is 24.6 Å². The Morgan fingerprint density at radius 3 is 2.36 bits per heavy atom. The number of halogens is 2. The molecule has 3 heterocycles. The van der Waals surface area contributed by atoms with Gasteiger partial charge >= 0.3 is 0 Å². The zero-order chi connectivity index (χ0) is 26.5. The summed E-state index contributed by atoms with van der Waals surface area (Å²) in [6, 6.07) is 19.1. The summed E-state index contributed by atoms with van der Waals surface area (Å²) in [7, 11) is 2.16. The monoisotopic (exact) mass is 559 g/mol. The van der Waals surface area contributed by atoms with Crippen molar-refractivity contribution in [2.24, 2.45) is 0 Å². The second-order valence-electron chi connectivity index (χ2n) is 10.2. The second kappa shape index (κ2) is 9.89. The van der Waals surface area contributed by atoms with Crippen LogP contribution < -0.4 is 10.2 Å². The Morgan fingerprint density at radius 2 is 1.64 bits per heavy atom. The largest absolute Gasteiger partial charge is 0.367 e. The fourth-order valence-corrected chi connectivity index (χ4v) is 6.03. The van der Waals surface area contributed by atoms with Gasteiger partial charge in [-0.25, -0.2) is 9.37 Å². The minimum Gasteiger partial charge on any atom is -0.367 e. The van der Waals surface area contributed by atoms with Crippen molar-refractivity contribution in [1.29, 1.82) is 0 Å². The molecule has 1 N–H and O–H groups in total. The number of hydrogen-bond acceptors (Lipinski definition) is 7. The van der Waals surface area contributed by atoms with Crippen LogP contribution in [-0.4, -0.2) is 57.9 Å². The first-order valence-corrected chi connectivity index (χ1v) is 14.3. The molecular formula is C29H27ClFN7S. The van der Waals surface area contributed by atoms with Crippen LogP contribution in [0.25, 0.3) is 33.0 Å². The van der Waals surface area contributed by atoms with Crippen LogP contribution in [0.15, 0.2) is 60.7 Å². The molecule has 7 nitrogen and oxygen atoms in total. The van der Waals surface area contributed by atoms with E-state index < -0.39 is 0 Å². The molecule has 1 saturated carbocycles. The predicted molar refractivity (Wildman–Crippen MR) is 157 cm³/mol. The third kappa shape index (κ3) is 4.86. The van der Waals surface area contributed by atoms with Gasteiger partial charge in [0.1, 0.15) is 16.6 Å². The lowest BCUT2D eigenvalue weighted by atomic mass is 10.2. The molecule has 2 fully saturated rings. The van der Waals surface area contributed by atoms with Gasteiger partial charge in [0.15, 0.2) is 0 Å². The van der Waals surface area contributed by atoms with Crippen LogP contribution in [0.3, 0.4) is 0 Å². The molecule has 7 rings (SSSR count). The van der Waals surface area contributed by atoms with Gasteiger partial charge in [-0.05, 0) is 68.4 Å². The predicted octanol–water partition coefficient (Wildman–Crippen LogP) is 6.84. The fraction of sp³-hybridized carbons (Fsp3) is 0.276. The molecule has 10 heteroatoms. The summed E-state index contributed by atoms with van der Waals surface area (Å²) in [5.41, 5.74) is 6.00. The van der Waals surface area contributed by atoms with Crippen molar-refractivity contribution in [3.05, 3.63) is 71.5 Å². The summed E-state index contributed by atoms with van der Waals surface area (Å²) in [4.78, 5) is 9.85. The number of rotatable bonds is 6. The van der Waals surface area contributed by atoms with Crippen LogP contribution in [0, 0.1) is 5.82 Å². The molecule has 1 aliphatic carbocycles. The smallest absolute Gasteiger partial charge is 0.210 e. The Balaban J connectivity index is 1.31. The van der Waals surface area contributed by atoms with E-state index in [4.69, 9.17) is 16.6 Å². The molecule has 0 spiro atoms. The van der Waals surface area contributed by atoms with E-state index in [-0.39, 0.29) is 5.82 Å². The van der Waals surface area contributed by atoms with Crippen LogP contribution in [0.4, 0.5) is 20.9 Å². The average Bonchev–Trinajstić information content (AvgIpc) is 3.56. The topological polar surface area (TPSA) is 62.1 Å². The van der Waals surface area contributed by atoms with Gasteiger partial charge in [-0.15, -0.1) is 10.2 Å². The lowest BCUT2D eigenvalue weighted by Gasteiger charge is -2.35. The first-order chi connectivity index (χ1) is 19.0. The highest BCUT2D eigenvalue weighted by Crippen LogP contribution is 2.44. The normalized spacial score (nSPS) is 16.2. The van der Waals surface area contributed by atoms with Crippen molar-refractivity contribution in [2.75, 3.05) is 43.4 Å². The molecule has 2 aromatic heterocycles. The van der Waals surface area contributed by atoms with Crippen LogP contribution in [0.2, 0.25) is 5.02 Å². The third-order valence-electron chi connectivity index (χ3n) is 7.42. The molecule has 0 amide bonds. The van der Waals surface area contributed by atoms with Gasteiger partial charge in [-0.3, -0.25) is 0 Å². The van der Waals surface area contributed by atoms with E-state index in [0.29, 0.717) is 11.1 Å². The lowest BCUT2D eigenvalue weighted by molar-refractivity contribution is 0.313. The first kappa shape index (κ1) is 24.5. The molecule has 1 aliphatic heterocycles. The number of benzene rings is 3. The average molecular weight is 560 g/mol. The highest BCUT2D eigenvalue weighted by atomic mass is 35.5. The quantitative estimate of drug-likeness (QED) is 0.246. The minimum atomic E-state index is -0.244. The zero-order valence-corrected chi connectivity index (χ0v) is 23.0. The standard InChI is InChI=1S/C29H27ClFN7S/c1-36-12-14-37(15-13-36)25-17-26-24(32-27(38(26)22-10-11-22)18-4-8-21(31)9-5-18)16-23(25)33-29-35-34-28(39-29)19-2-6-20(30)7-3-19/h2-9,16-17,22H,10-15H2,1H3,(H,33,35). The maximum Gasteiger partial charge on any atom is 0.210 e. The number of nitrogens with zero attached hydrogens (tertiary/aromatic N) is 6. The molecule has 0 unspecified atom stereocenters. The van der Waals surface area contributed by atoms with Gasteiger partial charge in [0.25, 0.3) is 0 Å². The molecule has 198 valence electrons. The zero-order valence-electron chi connectivity index (χ0n) is 21.4. The van der Waals surface area contributed by atoms with E-state index in [1.165, 1.54) is 23.5 Å². The number of aromatic nitrogens is 4. The Labute approximate surface area is 234 Å². The Bertz CT molecular complexity index is 1640. The molecule has 0 bridgehead atoms. The van der Waals surface area contributed by atoms with E-state index in [1.54, 1.807) is 0 Å². The van der Waals surface area contributed by atoms with E-state index in [2.05, 4.69) is 49.1 Å². The number of nitrogens with one attached hydrogen (secondary N) is 1. The van der Waals surface area contributed by atoms with Crippen LogP contribution >= 0.6 is 22.9 Å². The van der Waals surface area contributed by atoms with Gasteiger partial charge in [-0.2, -0.15) is 0 Å². The van der Waals surface area contributed by atoms with Crippen LogP contribution in [0.5, 0.6) is 0 Å². The summed E-state index contributed by atoms with van der Waals surface area (Å²) in [6.07, 6.45) is 2.25. The maximum absolute atomic E-state index is 13.7. The van der Waals surface area contributed by atoms with Crippen LogP contribution in [0.1, 0.15) is 18.9 Å². The van der Waals surface area contributed by atoms with Crippen molar-refractivity contribution in [3.63, 3.8) is 0 Å². The Hall–Kier alpha value is -3.53. The van der Waals surface area contributed by atoms with E-state index >= 15 is 0 Å². The van der Waals surface area contributed by atoms with Crippen molar-refractivity contribution < 1.29 is 4.39 Å². The highest BCUT2D eigenvalue weighted by Gasteiger charge is 2.30. The van der Waals surface area contributed by atoms with Crippen molar-refractivity contribution in [3.8, 4) is 22.0 Å². The number of hydrogen-bond donors (Lipinski definition) is 1. The third-order valence-corrected chi connectivity index (χ3v) is 8.56. The highest BCUT2D eigenvalue weighted by molar-refractivity contribution is 7.18. The second-order valence-corrected chi connectivity index (χ2v) is 11.7. The molecule has 0 radical (unpaired) electrons. The van der Waals surface area contributed by atoms with Gasteiger partial charge < -0.3 is 19.7 Å². The SMILES string of the molecule is CN1CCN(c2cc3c(cc2Nc2nnc(-c4ccc(Cl)cc4)s2)nc(-c2ccc(F)cc2)n3C2CC2)CC1. The Morgan fingerprint density at radius 1 is 0.923 bits per heavy atom. The molecule has 2 aliphatic rings. The summed E-state index contributed by atoms with van der Waals surface area (Å²) >= 11 is 7.57. The molecule has 3 aromatic carbocycles. The van der Waals surface area contributed by atoms with E-state index in [9.17, 15) is 4.39 Å². The maximum atomic E-state index is 13.7. The number of imidazole rings is 1. The number of likely N-dealkylation sites (N-methyl/N-ethyl adjacent to an activating group) is 1. The molecule has 5 aromatic rings. The van der Waals surface area contributed by atoms with Gasteiger partial charge in [-0.1, -0.05) is 35.1 Å². The summed E-state index contributed by atoms with van der Waals surface area (Å²) < 4.78 is 16.0. The minimum absolute atomic E-state index is 0.244. The van der Waals surface area contributed by atoms with Gasteiger partial charge in [0.05, 0.1) is 22.4 Å². The van der Waals surface area contributed by atoms with E-state index in [1.807, 2.05) is 36.4 Å². The lowest BCUT2D eigenvalue weighted by Crippen LogP contribution is -2.44. The van der Waals surface area contributed by atoms with Crippen LogP contribution in [-0.2, 0) is 0 Å². The van der Waals surface area contributed by atoms with Crippen molar-refractivity contribution in [2.45, 2.75) is 18.9 Å². The Kier molecular flexibility index (Phi) is 6.22. The first-order valence-electron chi connectivity index (χ1n) is 13.1. The summed E-state index contributed by atoms with van der Waals surface area (Å²) in [6.45, 7) is 3.87. The summed E-state index contributed by atoms with van der Waals surface area (Å²) in [5, 5.41) is 14.7. The van der Waals surface area contributed by atoms with Gasteiger partial charge in [0, 0.05) is 48.4 Å². The summed E-state index contributed by atoms with van der Waals surface area (Å²) in [5.74, 6) is 0.640. The number of anilines is 3. The van der Waals surface area contributed by atoms with E-state index in [0.717, 1.165) is 88.5 Å². The number of fused-ring (bicyclic) bond motifs is 1. The molecule has 0 atom stereocenters. The molecule has 39 heavy (non-hydrogen) atoms. The molecule has 1 saturated heterocycles. The fourth-order valence-electron chi connectivity index (χ4n) is 5.14. The molecular weight excluding hydrogens is 533 g/mol. The van der Waals surface area contributed by atoms with Gasteiger partial charge in [0.2, 0.25) is 5.13 Å². The van der Waals surface area contributed by atoms with Crippen molar-refractivity contribution >= 4 is 50.5 Å². The number of piperazine rings is 1.